The monoisotopic (exact) mass is 343 g/mol. The second-order valence-corrected chi connectivity index (χ2v) is 7.54. The van der Waals surface area contributed by atoms with Gasteiger partial charge in [-0.1, -0.05) is 25.3 Å². The Morgan fingerprint density at radius 3 is 2.72 bits per heavy atom. The van der Waals surface area contributed by atoms with Crippen LogP contribution in [0.3, 0.4) is 0 Å². The van der Waals surface area contributed by atoms with Crippen molar-refractivity contribution < 1.29 is 9.59 Å². The SMILES string of the molecule is Cc1cccc(NC(=O)C2CCCN(C(=O)CC3CCCCC3)C2)n1. The van der Waals surface area contributed by atoms with Crippen molar-refractivity contribution in [1.82, 2.24) is 9.88 Å². The van der Waals surface area contributed by atoms with Crippen LogP contribution < -0.4 is 5.32 Å². The molecule has 0 spiro atoms. The Balaban J connectivity index is 1.53. The van der Waals surface area contributed by atoms with Crippen LogP contribution >= 0.6 is 0 Å². The fourth-order valence-electron chi connectivity index (χ4n) is 4.03. The van der Waals surface area contributed by atoms with Gasteiger partial charge in [0, 0.05) is 25.2 Å². The highest BCUT2D eigenvalue weighted by atomic mass is 16.2. The van der Waals surface area contributed by atoms with E-state index < -0.39 is 0 Å². The molecule has 3 rings (SSSR count). The lowest BCUT2D eigenvalue weighted by Crippen LogP contribution is -2.44. The summed E-state index contributed by atoms with van der Waals surface area (Å²) in [6.45, 7) is 3.24. The third kappa shape index (κ3) is 5.03. The number of piperidine rings is 1. The van der Waals surface area contributed by atoms with Gasteiger partial charge in [0.1, 0.15) is 5.82 Å². The van der Waals surface area contributed by atoms with Crippen LogP contribution in [-0.4, -0.2) is 34.8 Å². The van der Waals surface area contributed by atoms with Crippen LogP contribution in [0.25, 0.3) is 0 Å². The van der Waals surface area contributed by atoms with Crippen LogP contribution in [0, 0.1) is 18.8 Å². The van der Waals surface area contributed by atoms with Crippen molar-refractivity contribution in [3.8, 4) is 0 Å². The van der Waals surface area contributed by atoms with Crippen molar-refractivity contribution in [3.63, 3.8) is 0 Å². The minimum absolute atomic E-state index is 0.0201. The zero-order chi connectivity index (χ0) is 17.6. The number of pyridine rings is 1. The van der Waals surface area contributed by atoms with Gasteiger partial charge in [0.25, 0.3) is 0 Å². The van der Waals surface area contributed by atoms with Crippen LogP contribution in [0.1, 0.15) is 57.1 Å². The Morgan fingerprint density at radius 1 is 1.16 bits per heavy atom. The molecule has 0 bridgehead atoms. The maximum Gasteiger partial charge on any atom is 0.230 e. The van der Waals surface area contributed by atoms with Gasteiger partial charge in [-0.15, -0.1) is 0 Å². The number of carbonyl (C=O) groups is 2. The van der Waals surface area contributed by atoms with Crippen LogP contribution in [-0.2, 0) is 9.59 Å². The first-order chi connectivity index (χ1) is 12.1. The number of aromatic nitrogens is 1. The summed E-state index contributed by atoms with van der Waals surface area (Å²) in [6, 6.07) is 5.60. The topological polar surface area (TPSA) is 62.3 Å². The number of aryl methyl sites for hydroxylation is 1. The molecule has 2 aliphatic rings. The van der Waals surface area contributed by atoms with E-state index in [4.69, 9.17) is 0 Å². The van der Waals surface area contributed by atoms with Crippen molar-refractivity contribution in [2.24, 2.45) is 11.8 Å². The number of hydrogen-bond donors (Lipinski definition) is 1. The van der Waals surface area contributed by atoms with Crippen molar-refractivity contribution in [3.05, 3.63) is 23.9 Å². The lowest BCUT2D eigenvalue weighted by atomic mass is 9.86. The van der Waals surface area contributed by atoms with Gasteiger partial charge in [0.05, 0.1) is 5.92 Å². The van der Waals surface area contributed by atoms with Crippen molar-refractivity contribution in [1.29, 1.82) is 0 Å². The van der Waals surface area contributed by atoms with Gasteiger partial charge in [-0.25, -0.2) is 4.98 Å². The highest BCUT2D eigenvalue weighted by Crippen LogP contribution is 2.28. The van der Waals surface area contributed by atoms with Crippen molar-refractivity contribution in [2.75, 3.05) is 18.4 Å². The van der Waals surface area contributed by atoms with E-state index in [1.165, 1.54) is 32.1 Å². The van der Waals surface area contributed by atoms with Crippen LogP contribution in [0.15, 0.2) is 18.2 Å². The third-order valence-corrected chi connectivity index (χ3v) is 5.47. The van der Waals surface area contributed by atoms with Gasteiger partial charge in [-0.3, -0.25) is 9.59 Å². The van der Waals surface area contributed by atoms with Gasteiger partial charge in [-0.05, 0) is 50.7 Å². The number of amides is 2. The first-order valence-corrected chi connectivity index (χ1v) is 9.64. The largest absolute Gasteiger partial charge is 0.342 e. The molecule has 1 atom stereocenters. The number of nitrogens with zero attached hydrogens (tertiary/aromatic N) is 2. The maximum absolute atomic E-state index is 12.6. The zero-order valence-electron chi connectivity index (χ0n) is 15.2. The van der Waals surface area contributed by atoms with E-state index in [2.05, 4.69) is 10.3 Å². The first-order valence-electron chi connectivity index (χ1n) is 9.64. The van der Waals surface area contributed by atoms with Crippen molar-refractivity contribution in [2.45, 2.75) is 58.3 Å². The molecule has 5 heteroatoms. The fourth-order valence-corrected chi connectivity index (χ4v) is 4.03. The lowest BCUT2D eigenvalue weighted by Gasteiger charge is -2.33. The molecule has 5 nitrogen and oxygen atoms in total. The first kappa shape index (κ1) is 17.9. The van der Waals surface area contributed by atoms with Gasteiger partial charge in [0.15, 0.2) is 0 Å². The maximum atomic E-state index is 12.6. The van der Waals surface area contributed by atoms with E-state index in [1.807, 2.05) is 24.0 Å². The number of rotatable bonds is 4. The predicted molar refractivity (Wildman–Crippen MR) is 98.1 cm³/mol. The van der Waals surface area contributed by atoms with Gasteiger partial charge >= 0.3 is 0 Å². The van der Waals surface area contributed by atoms with Crippen LogP contribution in [0.2, 0.25) is 0 Å². The molecule has 1 aromatic rings. The summed E-state index contributed by atoms with van der Waals surface area (Å²) < 4.78 is 0. The average Bonchev–Trinajstić information content (AvgIpc) is 2.62. The van der Waals surface area contributed by atoms with Crippen molar-refractivity contribution >= 4 is 17.6 Å². The molecule has 136 valence electrons. The van der Waals surface area contributed by atoms with Gasteiger partial charge < -0.3 is 10.2 Å². The summed E-state index contributed by atoms with van der Waals surface area (Å²) in [4.78, 5) is 31.4. The second kappa shape index (κ2) is 8.45. The normalized spacial score (nSPS) is 21.8. The molecule has 25 heavy (non-hydrogen) atoms. The van der Waals surface area contributed by atoms with E-state index in [0.29, 0.717) is 24.7 Å². The summed E-state index contributed by atoms with van der Waals surface area (Å²) in [5.74, 6) is 1.22. The minimum atomic E-state index is -0.133. The molecular weight excluding hydrogens is 314 g/mol. The molecule has 2 fully saturated rings. The highest BCUT2D eigenvalue weighted by Gasteiger charge is 2.29. The minimum Gasteiger partial charge on any atom is -0.342 e. The zero-order valence-corrected chi connectivity index (χ0v) is 15.2. The Bertz CT molecular complexity index is 611. The Morgan fingerprint density at radius 2 is 1.96 bits per heavy atom. The third-order valence-electron chi connectivity index (χ3n) is 5.47. The molecular formula is C20H29N3O2. The van der Waals surface area contributed by atoms with E-state index >= 15 is 0 Å². The fraction of sp³-hybridized carbons (Fsp3) is 0.650. The number of likely N-dealkylation sites (tertiary alicyclic amines) is 1. The summed E-state index contributed by atoms with van der Waals surface area (Å²) in [7, 11) is 0. The molecule has 1 saturated heterocycles. The highest BCUT2D eigenvalue weighted by molar-refractivity contribution is 5.92. The molecule has 0 radical (unpaired) electrons. The van der Waals surface area contributed by atoms with Gasteiger partial charge in [-0.2, -0.15) is 0 Å². The smallest absolute Gasteiger partial charge is 0.230 e. The number of carbonyl (C=O) groups excluding carboxylic acids is 2. The second-order valence-electron chi connectivity index (χ2n) is 7.54. The Hall–Kier alpha value is -1.91. The van der Waals surface area contributed by atoms with E-state index in [1.54, 1.807) is 6.07 Å². The Labute approximate surface area is 150 Å². The van der Waals surface area contributed by atoms with E-state index in [9.17, 15) is 9.59 Å². The quantitative estimate of drug-likeness (QED) is 0.909. The number of anilines is 1. The Kier molecular flexibility index (Phi) is 6.05. The summed E-state index contributed by atoms with van der Waals surface area (Å²) in [6.07, 6.45) is 8.59. The summed E-state index contributed by atoms with van der Waals surface area (Å²) >= 11 is 0. The molecule has 1 aliphatic carbocycles. The van der Waals surface area contributed by atoms with Crippen LogP contribution in [0.4, 0.5) is 5.82 Å². The molecule has 2 heterocycles. The molecule has 1 aromatic heterocycles. The number of hydrogen-bond acceptors (Lipinski definition) is 3. The average molecular weight is 343 g/mol. The standard InChI is InChI=1S/C20H29N3O2/c1-15-7-5-11-18(21-15)22-20(25)17-10-6-12-23(14-17)19(24)13-16-8-3-2-4-9-16/h5,7,11,16-17H,2-4,6,8-10,12-14H2,1H3,(H,21,22,25). The number of nitrogens with one attached hydrogen (secondary N) is 1. The van der Waals surface area contributed by atoms with E-state index in [-0.39, 0.29) is 17.7 Å². The summed E-state index contributed by atoms with van der Waals surface area (Å²) in [5.41, 5.74) is 0.880. The van der Waals surface area contributed by atoms with Gasteiger partial charge in [0.2, 0.25) is 11.8 Å². The molecule has 2 amide bonds. The predicted octanol–water partition coefficient (Wildman–Crippen LogP) is 3.54. The molecule has 0 aromatic carbocycles. The molecule has 1 aliphatic heterocycles. The van der Waals surface area contributed by atoms with E-state index in [0.717, 1.165) is 25.1 Å². The molecule has 1 N–H and O–H groups in total. The lowest BCUT2D eigenvalue weighted by molar-refractivity contribution is -0.135. The van der Waals surface area contributed by atoms with Crippen LogP contribution in [0.5, 0.6) is 0 Å². The molecule has 1 saturated carbocycles. The molecule has 1 unspecified atom stereocenters. The summed E-state index contributed by atoms with van der Waals surface area (Å²) in [5, 5.41) is 2.91.